The molecule has 1 atom stereocenters. The lowest BCUT2D eigenvalue weighted by Gasteiger charge is -2.14. The minimum Gasteiger partial charge on any atom is -0.434 e. The molecule has 1 amide bonds. The molecule has 5 nitrogen and oxygen atoms in total. The highest BCUT2D eigenvalue weighted by atomic mass is 19.3. The fourth-order valence-corrected chi connectivity index (χ4v) is 2.68. The number of halogens is 2. The molecule has 0 bridgehead atoms. The standard InChI is InChI=1S/C21H19F2N3O2/c1-15(16-6-9-18(10-7-16)26-13-12-24-14-26)25-20(27)11-8-17-4-2-3-5-19(17)28-21(22)23/h2-15,21H,1H3,(H,25,27)/b11-8+/t15-/m0/s1. The average Bonchev–Trinajstić information content (AvgIpc) is 3.22. The molecule has 3 rings (SSSR count). The zero-order valence-corrected chi connectivity index (χ0v) is 15.1. The van der Waals surface area contributed by atoms with E-state index in [4.69, 9.17) is 0 Å². The van der Waals surface area contributed by atoms with E-state index in [1.54, 1.807) is 30.7 Å². The number of rotatable bonds is 7. The van der Waals surface area contributed by atoms with Crippen molar-refractivity contribution in [3.05, 3.63) is 84.5 Å². The molecule has 28 heavy (non-hydrogen) atoms. The van der Waals surface area contributed by atoms with E-state index in [2.05, 4.69) is 15.0 Å². The average molecular weight is 383 g/mol. The summed E-state index contributed by atoms with van der Waals surface area (Å²) in [7, 11) is 0. The number of imidazole rings is 1. The van der Waals surface area contributed by atoms with Gasteiger partial charge in [-0.25, -0.2) is 4.98 Å². The maximum Gasteiger partial charge on any atom is 0.387 e. The van der Waals surface area contributed by atoms with Crippen LogP contribution in [-0.2, 0) is 4.79 Å². The van der Waals surface area contributed by atoms with Gasteiger partial charge in [-0.05, 0) is 36.8 Å². The molecule has 0 spiro atoms. The zero-order valence-electron chi connectivity index (χ0n) is 15.1. The van der Waals surface area contributed by atoms with Crippen molar-refractivity contribution in [2.75, 3.05) is 0 Å². The van der Waals surface area contributed by atoms with E-state index in [-0.39, 0.29) is 17.7 Å². The number of carbonyl (C=O) groups excluding carboxylic acids is 1. The fraction of sp³-hybridized carbons (Fsp3) is 0.143. The first-order chi connectivity index (χ1) is 13.5. The lowest BCUT2D eigenvalue weighted by atomic mass is 10.1. The van der Waals surface area contributed by atoms with Gasteiger partial charge >= 0.3 is 6.61 Å². The second-order valence-electron chi connectivity index (χ2n) is 6.04. The summed E-state index contributed by atoms with van der Waals surface area (Å²) in [5.74, 6) is -0.317. The highest BCUT2D eigenvalue weighted by molar-refractivity contribution is 5.92. The van der Waals surface area contributed by atoms with Crippen LogP contribution in [0.3, 0.4) is 0 Å². The van der Waals surface area contributed by atoms with E-state index in [0.29, 0.717) is 5.56 Å². The van der Waals surface area contributed by atoms with Gasteiger partial charge in [0.25, 0.3) is 0 Å². The highest BCUT2D eigenvalue weighted by Gasteiger charge is 2.10. The molecule has 0 aliphatic heterocycles. The van der Waals surface area contributed by atoms with Crippen molar-refractivity contribution >= 4 is 12.0 Å². The number of nitrogens with one attached hydrogen (secondary N) is 1. The van der Waals surface area contributed by atoms with Crippen LogP contribution in [0.25, 0.3) is 11.8 Å². The van der Waals surface area contributed by atoms with Crippen molar-refractivity contribution in [3.8, 4) is 11.4 Å². The van der Waals surface area contributed by atoms with Crippen molar-refractivity contribution in [3.63, 3.8) is 0 Å². The largest absolute Gasteiger partial charge is 0.434 e. The summed E-state index contributed by atoms with van der Waals surface area (Å²) < 4.78 is 31.2. The van der Waals surface area contributed by atoms with Gasteiger partial charge in [0.15, 0.2) is 0 Å². The SMILES string of the molecule is C[C@H](NC(=O)/C=C/c1ccccc1OC(F)F)c1ccc(-n2ccnc2)cc1. The van der Waals surface area contributed by atoms with E-state index in [9.17, 15) is 13.6 Å². The van der Waals surface area contributed by atoms with Crippen LogP contribution in [0.5, 0.6) is 5.75 Å². The lowest BCUT2D eigenvalue weighted by molar-refractivity contribution is -0.117. The van der Waals surface area contributed by atoms with Crippen LogP contribution in [0.4, 0.5) is 8.78 Å². The summed E-state index contributed by atoms with van der Waals surface area (Å²) in [6.45, 7) is -1.06. The molecule has 3 aromatic rings. The van der Waals surface area contributed by atoms with Gasteiger partial charge in [-0.1, -0.05) is 30.3 Å². The molecule has 0 fully saturated rings. The molecule has 2 aromatic carbocycles. The fourth-order valence-electron chi connectivity index (χ4n) is 2.68. The molecule has 7 heteroatoms. The summed E-state index contributed by atoms with van der Waals surface area (Å²) >= 11 is 0. The first-order valence-corrected chi connectivity index (χ1v) is 8.63. The molecule has 1 aromatic heterocycles. The van der Waals surface area contributed by atoms with Gasteiger partial charge in [0.05, 0.1) is 12.4 Å². The number of benzene rings is 2. The first kappa shape index (κ1) is 19.3. The molecule has 0 saturated carbocycles. The Labute approximate surface area is 161 Å². The van der Waals surface area contributed by atoms with E-state index in [1.807, 2.05) is 42.0 Å². The van der Waals surface area contributed by atoms with Gasteiger partial charge < -0.3 is 14.6 Å². The Morgan fingerprint density at radius 2 is 1.93 bits per heavy atom. The van der Waals surface area contributed by atoms with Gasteiger partial charge in [0, 0.05) is 29.7 Å². The second kappa shape index (κ2) is 8.94. The number of para-hydroxylation sites is 1. The maximum absolute atomic E-state index is 12.4. The molecule has 1 heterocycles. The molecule has 0 saturated heterocycles. The smallest absolute Gasteiger partial charge is 0.387 e. The number of amides is 1. The number of aromatic nitrogens is 2. The van der Waals surface area contributed by atoms with Crippen LogP contribution in [0.1, 0.15) is 24.1 Å². The van der Waals surface area contributed by atoms with Crippen molar-refractivity contribution in [2.45, 2.75) is 19.6 Å². The number of alkyl halides is 2. The number of hydrogen-bond donors (Lipinski definition) is 1. The molecular weight excluding hydrogens is 364 g/mol. The third-order valence-electron chi connectivity index (χ3n) is 4.10. The normalized spacial score (nSPS) is 12.3. The quantitative estimate of drug-likeness (QED) is 0.617. The molecule has 1 N–H and O–H groups in total. The number of hydrogen-bond acceptors (Lipinski definition) is 3. The molecule has 0 aliphatic rings. The predicted octanol–water partition coefficient (Wildman–Crippen LogP) is 4.36. The maximum atomic E-state index is 12.4. The van der Waals surface area contributed by atoms with E-state index in [0.717, 1.165) is 11.3 Å². The topological polar surface area (TPSA) is 56.1 Å². The first-order valence-electron chi connectivity index (χ1n) is 8.63. The van der Waals surface area contributed by atoms with Crippen LogP contribution >= 0.6 is 0 Å². The van der Waals surface area contributed by atoms with E-state index in [1.165, 1.54) is 18.2 Å². The van der Waals surface area contributed by atoms with Crippen LogP contribution in [0, 0.1) is 0 Å². The lowest BCUT2D eigenvalue weighted by Crippen LogP contribution is -2.24. The van der Waals surface area contributed by atoms with Crippen molar-refractivity contribution < 1.29 is 18.3 Å². The Kier molecular flexibility index (Phi) is 6.16. The van der Waals surface area contributed by atoms with E-state index >= 15 is 0 Å². The molecule has 0 aliphatic carbocycles. The summed E-state index contributed by atoms with van der Waals surface area (Å²) in [5.41, 5.74) is 2.30. The Morgan fingerprint density at radius 3 is 2.61 bits per heavy atom. The van der Waals surface area contributed by atoms with Gasteiger partial charge in [0.2, 0.25) is 5.91 Å². The van der Waals surface area contributed by atoms with Gasteiger partial charge in [-0.15, -0.1) is 0 Å². The van der Waals surface area contributed by atoms with Crippen molar-refractivity contribution in [2.24, 2.45) is 0 Å². The number of ether oxygens (including phenoxy) is 1. The summed E-state index contributed by atoms with van der Waals surface area (Å²) in [6.07, 6.45) is 8.00. The summed E-state index contributed by atoms with van der Waals surface area (Å²) in [6, 6.07) is 13.8. The third kappa shape index (κ3) is 5.03. The Bertz CT molecular complexity index is 939. The van der Waals surface area contributed by atoms with Crippen molar-refractivity contribution in [1.29, 1.82) is 0 Å². The minimum atomic E-state index is -2.92. The van der Waals surface area contributed by atoms with Crippen LogP contribution in [0.15, 0.2) is 73.3 Å². The predicted molar refractivity (Wildman–Crippen MR) is 102 cm³/mol. The van der Waals surface area contributed by atoms with Crippen LogP contribution in [0.2, 0.25) is 0 Å². The summed E-state index contributed by atoms with van der Waals surface area (Å²) in [5, 5.41) is 2.85. The third-order valence-corrected chi connectivity index (χ3v) is 4.10. The number of carbonyl (C=O) groups is 1. The molecule has 0 radical (unpaired) electrons. The van der Waals surface area contributed by atoms with E-state index < -0.39 is 6.61 Å². The Hall–Kier alpha value is -3.48. The Balaban J connectivity index is 1.62. The van der Waals surface area contributed by atoms with Crippen molar-refractivity contribution in [1.82, 2.24) is 14.9 Å². The van der Waals surface area contributed by atoms with Gasteiger partial charge in [-0.2, -0.15) is 8.78 Å². The number of nitrogens with zero attached hydrogens (tertiary/aromatic N) is 2. The van der Waals surface area contributed by atoms with Gasteiger partial charge in [0.1, 0.15) is 5.75 Å². The zero-order chi connectivity index (χ0) is 19.9. The van der Waals surface area contributed by atoms with Crippen LogP contribution < -0.4 is 10.1 Å². The second-order valence-corrected chi connectivity index (χ2v) is 6.04. The molecular formula is C21H19F2N3O2. The monoisotopic (exact) mass is 383 g/mol. The summed E-state index contributed by atoms with van der Waals surface area (Å²) in [4.78, 5) is 16.2. The highest BCUT2D eigenvalue weighted by Crippen LogP contribution is 2.21. The van der Waals surface area contributed by atoms with Gasteiger partial charge in [-0.3, -0.25) is 4.79 Å². The molecule has 0 unspecified atom stereocenters. The minimum absolute atomic E-state index is 0.0182. The van der Waals surface area contributed by atoms with Crippen LogP contribution in [-0.4, -0.2) is 22.1 Å². The Morgan fingerprint density at radius 1 is 1.18 bits per heavy atom. The molecule has 144 valence electrons.